The normalized spacial score (nSPS) is 13.2. The Kier molecular flexibility index (Phi) is 6.35. The summed E-state index contributed by atoms with van der Waals surface area (Å²) in [6.45, 7) is -0.0281. The van der Waals surface area contributed by atoms with Crippen molar-refractivity contribution in [3.63, 3.8) is 0 Å². The van der Waals surface area contributed by atoms with E-state index >= 15 is 0 Å². The third kappa shape index (κ3) is 5.22. The quantitative estimate of drug-likeness (QED) is 0.343. The Bertz CT molecular complexity index is 747. The molecule has 134 valence electrons. The number of azide groups is 1. The van der Waals surface area contributed by atoms with Gasteiger partial charge in [0.15, 0.2) is 11.6 Å². The number of hydrogen-bond donors (Lipinski definition) is 1. The van der Waals surface area contributed by atoms with Crippen LogP contribution in [0.2, 0.25) is 0 Å². The molecule has 13 heteroatoms. The van der Waals surface area contributed by atoms with Gasteiger partial charge in [0, 0.05) is 11.0 Å². The summed E-state index contributed by atoms with van der Waals surface area (Å²) in [5.74, 6) is -2.68. The summed E-state index contributed by atoms with van der Waals surface area (Å²) in [7, 11) is -5.58. The first kappa shape index (κ1) is 19.9. The van der Waals surface area contributed by atoms with Gasteiger partial charge in [-0.15, -0.1) is 0 Å². The van der Waals surface area contributed by atoms with Crippen molar-refractivity contribution in [1.29, 1.82) is 0 Å². The van der Waals surface area contributed by atoms with Gasteiger partial charge in [0.25, 0.3) is 0 Å². The summed E-state index contributed by atoms with van der Waals surface area (Å²) in [5, 5.41) is 3.09. The molecule has 24 heavy (non-hydrogen) atoms. The smallest absolute Gasteiger partial charge is 0.489 e. The van der Waals surface area contributed by atoms with Crippen LogP contribution in [0.25, 0.3) is 10.4 Å². The first-order chi connectivity index (χ1) is 11.0. The van der Waals surface area contributed by atoms with Gasteiger partial charge in [0.05, 0.1) is 12.6 Å². The van der Waals surface area contributed by atoms with Crippen LogP contribution >= 0.6 is 0 Å². The van der Waals surface area contributed by atoms with Gasteiger partial charge in [-0.05, 0) is 24.1 Å². The molecular formula is C11H11F5N4O3S. The summed E-state index contributed by atoms with van der Waals surface area (Å²) >= 11 is 0. The SMILES string of the molecule is C[C@@H](COc1cc(CN=[N+]=[N-])c(F)cc1F)NS(=O)(=O)C(F)(F)F. The fourth-order valence-electron chi connectivity index (χ4n) is 1.49. The highest BCUT2D eigenvalue weighted by atomic mass is 32.2. The van der Waals surface area contributed by atoms with Crippen LogP contribution in [0, 0.1) is 11.6 Å². The van der Waals surface area contributed by atoms with E-state index in [4.69, 9.17) is 10.3 Å². The topological polar surface area (TPSA) is 104 Å². The molecular weight excluding hydrogens is 363 g/mol. The van der Waals surface area contributed by atoms with E-state index in [0.29, 0.717) is 6.07 Å². The Morgan fingerprint density at radius 2 is 1.96 bits per heavy atom. The lowest BCUT2D eigenvalue weighted by molar-refractivity contribution is -0.0451. The largest absolute Gasteiger partial charge is 0.511 e. The minimum absolute atomic E-state index is 0.201. The van der Waals surface area contributed by atoms with E-state index in [1.54, 1.807) is 0 Å². The molecule has 0 aliphatic rings. The molecule has 0 bridgehead atoms. The third-order valence-electron chi connectivity index (χ3n) is 2.56. The zero-order chi connectivity index (χ0) is 18.5. The number of nitrogens with one attached hydrogen (secondary N) is 1. The van der Waals surface area contributed by atoms with Crippen molar-refractivity contribution in [3.05, 3.63) is 39.8 Å². The summed E-state index contributed by atoms with van der Waals surface area (Å²) < 4.78 is 91.5. The van der Waals surface area contributed by atoms with Gasteiger partial charge in [0.1, 0.15) is 12.4 Å². The molecule has 1 rings (SSSR count). The molecule has 0 aromatic heterocycles. The Labute approximate surface area is 133 Å². The predicted octanol–water partition coefficient (Wildman–Crippen LogP) is 2.98. The minimum atomic E-state index is -5.58. The average molecular weight is 374 g/mol. The molecule has 0 heterocycles. The van der Waals surface area contributed by atoms with Gasteiger partial charge in [-0.25, -0.2) is 21.9 Å². The lowest BCUT2D eigenvalue weighted by Gasteiger charge is -2.17. The number of hydrogen-bond acceptors (Lipinski definition) is 4. The van der Waals surface area contributed by atoms with Crippen LogP contribution in [-0.4, -0.2) is 26.6 Å². The zero-order valence-electron chi connectivity index (χ0n) is 12.0. The van der Waals surface area contributed by atoms with Crippen LogP contribution in [0.5, 0.6) is 5.75 Å². The van der Waals surface area contributed by atoms with Crippen LogP contribution in [0.3, 0.4) is 0 Å². The van der Waals surface area contributed by atoms with Crippen molar-refractivity contribution in [2.45, 2.75) is 25.0 Å². The second kappa shape index (κ2) is 7.64. The van der Waals surface area contributed by atoms with E-state index < -0.39 is 52.1 Å². The van der Waals surface area contributed by atoms with Gasteiger partial charge in [-0.1, -0.05) is 5.11 Å². The van der Waals surface area contributed by atoms with E-state index in [-0.39, 0.29) is 5.56 Å². The predicted molar refractivity (Wildman–Crippen MR) is 72.3 cm³/mol. The van der Waals surface area contributed by atoms with Crippen molar-refractivity contribution >= 4 is 10.0 Å². The maximum Gasteiger partial charge on any atom is 0.511 e. The lowest BCUT2D eigenvalue weighted by Crippen LogP contribution is -2.43. The first-order valence-electron chi connectivity index (χ1n) is 6.18. The fourth-order valence-corrected chi connectivity index (χ4v) is 2.22. The molecule has 1 aromatic rings. The average Bonchev–Trinajstić information content (AvgIpc) is 2.43. The molecule has 0 radical (unpaired) electrons. The number of ether oxygens (including phenoxy) is 1. The van der Waals surface area contributed by atoms with Gasteiger partial charge >= 0.3 is 15.5 Å². The zero-order valence-corrected chi connectivity index (χ0v) is 12.8. The molecule has 0 saturated carbocycles. The Balaban J connectivity index is 2.82. The minimum Gasteiger partial charge on any atom is -0.489 e. The van der Waals surface area contributed by atoms with Crippen LogP contribution < -0.4 is 9.46 Å². The van der Waals surface area contributed by atoms with Crippen LogP contribution in [0.15, 0.2) is 17.2 Å². The van der Waals surface area contributed by atoms with Gasteiger partial charge in [-0.3, -0.25) is 0 Å². The molecule has 0 aliphatic heterocycles. The lowest BCUT2D eigenvalue weighted by atomic mass is 10.2. The van der Waals surface area contributed by atoms with E-state index in [9.17, 15) is 30.4 Å². The molecule has 1 atom stereocenters. The standard InChI is InChI=1S/C11H11F5N4O3S/c1-6(19-24(21,22)11(14,15)16)5-23-10-2-7(4-18-20-17)8(12)3-9(10)13/h2-3,6,19H,4-5H2,1H3/t6-/m0/s1. The van der Waals surface area contributed by atoms with Crippen molar-refractivity contribution in [2.75, 3.05) is 6.61 Å². The second-order valence-electron chi connectivity index (χ2n) is 4.54. The van der Waals surface area contributed by atoms with Crippen LogP contribution in [-0.2, 0) is 16.6 Å². The maximum absolute atomic E-state index is 13.5. The van der Waals surface area contributed by atoms with Crippen molar-refractivity contribution in [1.82, 2.24) is 4.72 Å². The number of halogens is 5. The second-order valence-corrected chi connectivity index (χ2v) is 6.25. The Morgan fingerprint density at radius 3 is 2.50 bits per heavy atom. The molecule has 0 saturated heterocycles. The summed E-state index contributed by atoms with van der Waals surface area (Å²) in [6.07, 6.45) is 0. The van der Waals surface area contributed by atoms with Crippen LogP contribution in [0.1, 0.15) is 12.5 Å². The molecule has 0 spiro atoms. The number of benzene rings is 1. The van der Waals surface area contributed by atoms with E-state index in [0.717, 1.165) is 13.0 Å². The molecule has 0 fully saturated rings. The van der Waals surface area contributed by atoms with E-state index in [2.05, 4.69) is 10.0 Å². The number of sulfonamides is 1. The molecule has 1 N–H and O–H groups in total. The summed E-state index contributed by atoms with van der Waals surface area (Å²) in [5.41, 5.74) is 2.47. The highest BCUT2D eigenvalue weighted by Crippen LogP contribution is 2.24. The third-order valence-corrected chi connectivity index (χ3v) is 3.88. The number of rotatable bonds is 7. The molecule has 0 amide bonds. The molecule has 7 nitrogen and oxygen atoms in total. The molecule has 1 aromatic carbocycles. The highest BCUT2D eigenvalue weighted by molar-refractivity contribution is 7.90. The van der Waals surface area contributed by atoms with Gasteiger partial charge in [-0.2, -0.15) is 13.2 Å². The fraction of sp³-hybridized carbons (Fsp3) is 0.455. The molecule has 0 unspecified atom stereocenters. The van der Waals surface area contributed by atoms with Gasteiger partial charge in [0.2, 0.25) is 0 Å². The van der Waals surface area contributed by atoms with E-state index in [1.807, 2.05) is 0 Å². The first-order valence-corrected chi connectivity index (χ1v) is 7.66. The van der Waals surface area contributed by atoms with Crippen molar-refractivity contribution in [3.8, 4) is 5.75 Å². The maximum atomic E-state index is 13.5. The number of nitrogens with zero attached hydrogens (tertiary/aromatic N) is 3. The van der Waals surface area contributed by atoms with Crippen LogP contribution in [0.4, 0.5) is 22.0 Å². The van der Waals surface area contributed by atoms with Gasteiger partial charge < -0.3 is 4.74 Å². The monoisotopic (exact) mass is 374 g/mol. The summed E-state index contributed by atoms with van der Waals surface area (Å²) in [6, 6.07) is -0.0337. The van der Waals surface area contributed by atoms with E-state index in [1.165, 1.54) is 4.72 Å². The van der Waals surface area contributed by atoms with Crippen molar-refractivity contribution in [2.24, 2.45) is 5.11 Å². The number of alkyl halides is 3. The molecule has 0 aliphatic carbocycles. The summed E-state index contributed by atoms with van der Waals surface area (Å²) in [4.78, 5) is 2.40. The highest BCUT2D eigenvalue weighted by Gasteiger charge is 2.46. The Hall–Kier alpha value is -2.11. The van der Waals surface area contributed by atoms with Crippen molar-refractivity contribution < 1.29 is 35.1 Å². The Morgan fingerprint density at radius 1 is 1.33 bits per heavy atom.